The molecule has 0 spiro atoms. The molecule has 1 nitrogen and oxygen atoms in total. The van der Waals surface area contributed by atoms with Crippen molar-refractivity contribution in [1.82, 2.24) is 0 Å². The highest BCUT2D eigenvalue weighted by Crippen LogP contribution is 2.19. The lowest BCUT2D eigenvalue weighted by Crippen LogP contribution is -2.20. The van der Waals surface area contributed by atoms with E-state index in [1.807, 2.05) is 0 Å². The van der Waals surface area contributed by atoms with Crippen LogP contribution in [0.15, 0.2) is 25.3 Å². The van der Waals surface area contributed by atoms with E-state index in [4.69, 9.17) is 0 Å². The van der Waals surface area contributed by atoms with Gasteiger partial charge in [0, 0.05) is 11.8 Å². The molecule has 0 rings (SSSR count). The van der Waals surface area contributed by atoms with E-state index in [1.54, 1.807) is 12.2 Å². The minimum Gasteiger partial charge on any atom is -0.298 e. The third kappa shape index (κ3) is 3.91. The lowest BCUT2D eigenvalue weighted by atomic mass is 9.87. The van der Waals surface area contributed by atoms with E-state index in [0.717, 1.165) is 25.7 Å². The fourth-order valence-corrected chi connectivity index (χ4v) is 1.65. The smallest absolute Gasteiger partial charge is 0.146 e. The number of carbonyl (C=O) groups excluding carboxylic acids is 1. The largest absolute Gasteiger partial charge is 0.298 e. The molecule has 0 amide bonds. The lowest BCUT2D eigenvalue weighted by Gasteiger charge is -2.16. The normalized spacial score (nSPS) is 14.4. The third-order valence-corrected chi connectivity index (χ3v) is 2.50. The first kappa shape index (κ1) is 13.2. The minimum atomic E-state index is 0.0227. The summed E-state index contributed by atoms with van der Waals surface area (Å²) in [4.78, 5) is 11.9. The molecule has 0 aromatic heterocycles. The Kier molecular flexibility index (Phi) is 7.09. The van der Waals surface area contributed by atoms with Crippen LogP contribution >= 0.6 is 0 Å². The number of ketones is 1. The van der Waals surface area contributed by atoms with Gasteiger partial charge in [0.1, 0.15) is 5.78 Å². The van der Waals surface area contributed by atoms with Crippen LogP contribution < -0.4 is 0 Å². The number of allylic oxidation sites excluding steroid dienone is 2. The van der Waals surface area contributed by atoms with Crippen molar-refractivity contribution in [3.05, 3.63) is 25.3 Å². The number of carbonyl (C=O) groups is 1. The van der Waals surface area contributed by atoms with Gasteiger partial charge in [-0.3, -0.25) is 4.79 Å². The first-order chi connectivity index (χ1) is 6.71. The highest BCUT2D eigenvalue weighted by Gasteiger charge is 2.20. The number of Topliss-reactive ketones (excluding diaryl/α,β-unsaturated/α-hetero) is 1. The zero-order valence-corrected chi connectivity index (χ0v) is 9.46. The highest BCUT2D eigenvalue weighted by molar-refractivity contribution is 5.86. The molecule has 80 valence electrons. The van der Waals surface area contributed by atoms with Crippen LogP contribution in [0.1, 0.15) is 39.5 Å². The van der Waals surface area contributed by atoms with Crippen LogP contribution in [0, 0.1) is 11.8 Å². The summed E-state index contributed by atoms with van der Waals surface area (Å²) < 4.78 is 0. The third-order valence-electron chi connectivity index (χ3n) is 2.50. The average Bonchev–Trinajstić information content (AvgIpc) is 2.21. The van der Waals surface area contributed by atoms with Gasteiger partial charge in [0.15, 0.2) is 0 Å². The summed E-state index contributed by atoms with van der Waals surface area (Å²) in [6.45, 7) is 11.6. The van der Waals surface area contributed by atoms with Crippen molar-refractivity contribution in [3.8, 4) is 0 Å². The Balaban J connectivity index is 4.36. The molecule has 0 aromatic rings. The van der Waals surface area contributed by atoms with Crippen molar-refractivity contribution < 1.29 is 4.79 Å². The van der Waals surface area contributed by atoms with Crippen LogP contribution in [0.2, 0.25) is 0 Å². The minimum absolute atomic E-state index is 0.0227. The maximum atomic E-state index is 11.9. The molecule has 0 fully saturated rings. The predicted molar refractivity (Wildman–Crippen MR) is 62.2 cm³/mol. The van der Waals surface area contributed by atoms with Crippen molar-refractivity contribution in [3.63, 3.8) is 0 Å². The summed E-state index contributed by atoms with van der Waals surface area (Å²) in [6, 6.07) is 0. The van der Waals surface area contributed by atoms with Crippen LogP contribution in [0.25, 0.3) is 0 Å². The van der Waals surface area contributed by atoms with Crippen molar-refractivity contribution in [1.29, 1.82) is 0 Å². The monoisotopic (exact) mass is 194 g/mol. The van der Waals surface area contributed by atoms with Gasteiger partial charge in [-0.1, -0.05) is 38.8 Å². The molecule has 2 unspecified atom stereocenters. The summed E-state index contributed by atoms with van der Waals surface area (Å²) >= 11 is 0. The SMILES string of the molecule is C=CC(CCC)C(=O)C(C=C)CCC. The molecule has 0 aliphatic carbocycles. The Morgan fingerprint density at radius 1 is 1.07 bits per heavy atom. The fraction of sp³-hybridized carbons (Fsp3) is 0.615. The van der Waals surface area contributed by atoms with E-state index in [2.05, 4.69) is 27.0 Å². The molecule has 1 heteroatoms. The summed E-state index contributed by atoms with van der Waals surface area (Å²) in [5, 5.41) is 0. The van der Waals surface area contributed by atoms with E-state index in [9.17, 15) is 4.79 Å². The van der Waals surface area contributed by atoms with Gasteiger partial charge in [0.05, 0.1) is 0 Å². The van der Waals surface area contributed by atoms with Gasteiger partial charge in [-0.15, -0.1) is 13.2 Å². The zero-order chi connectivity index (χ0) is 11.0. The predicted octanol–water partition coefficient (Wildman–Crippen LogP) is 3.76. The van der Waals surface area contributed by atoms with Crippen molar-refractivity contribution in [2.45, 2.75) is 39.5 Å². The molecule has 0 saturated heterocycles. The fourth-order valence-electron chi connectivity index (χ4n) is 1.65. The standard InChI is InChI=1S/C13H22O/c1-5-9-11(7-3)13(14)12(8-4)10-6-2/h7-8,11-12H,3-6,9-10H2,1-2H3. The maximum Gasteiger partial charge on any atom is 0.146 e. The first-order valence-electron chi connectivity index (χ1n) is 5.50. The van der Waals surface area contributed by atoms with Gasteiger partial charge in [-0.25, -0.2) is 0 Å². The summed E-state index contributed by atoms with van der Waals surface area (Å²) in [5.41, 5.74) is 0. The Hall–Kier alpha value is -0.850. The van der Waals surface area contributed by atoms with Crippen LogP contribution in [0.5, 0.6) is 0 Å². The van der Waals surface area contributed by atoms with Gasteiger partial charge in [-0.2, -0.15) is 0 Å². The lowest BCUT2D eigenvalue weighted by molar-refractivity contribution is -0.124. The maximum absolute atomic E-state index is 11.9. The summed E-state index contributed by atoms with van der Waals surface area (Å²) in [6.07, 6.45) is 7.43. The molecule has 0 N–H and O–H groups in total. The van der Waals surface area contributed by atoms with E-state index in [-0.39, 0.29) is 11.8 Å². The Labute approximate surface area is 87.9 Å². The Morgan fingerprint density at radius 2 is 1.43 bits per heavy atom. The molecule has 14 heavy (non-hydrogen) atoms. The second kappa shape index (κ2) is 7.54. The van der Waals surface area contributed by atoms with Gasteiger partial charge < -0.3 is 0 Å². The molecule has 0 aliphatic rings. The number of rotatable bonds is 8. The molecule has 0 aliphatic heterocycles. The Morgan fingerprint density at radius 3 is 1.64 bits per heavy atom. The number of hydrogen-bond acceptors (Lipinski definition) is 1. The second-order valence-corrected chi connectivity index (χ2v) is 3.66. The van der Waals surface area contributed by atoms with E-state index >= 15 is 0 Å². The highest BCUT2D eigenvalue weighted by atomic mass is 16.1. The van der Waals surface area contributed by atoms with Gasteiger partial charge in [-0.05, 0) is 12.8 Å². The van der Waals surface area contributed by atoms with Crippen molar-refractivity contribution in [2.24, 2.45) is 11.8 Å². The molecule has 0 bridgehead atoms. The van der Waals surface area contributed by atoms with Crippen LogP contribution in [-0.2, 0) is 4.79 Å². The summed E-state index contributed by atoms with van der Waals surface area (Å²) in [7, 11) is 0. The van der Waals surface area contributed by atoms with Crippen LogP contribution in [0.4, 0.5) is 0 Å². The second-order valence-electron chi connectivity index (χ2n) is 3.66. The zero-order valence-electron chi connectivity index (χ0n) is 9.46. The molecule has 0 aromatic carbocycles. The van der Waals surface area contributed by atoms with Crippen LogP contribution in [-0.4, -0.2) is 5.78 Å². The molecular weight excluding hydrogens is 172 g/mol. The topological polar surface area (TPSA) is 17.1 Å². The first-order valence-corrected chi connectivity index (χ1v) is 5.50. The van der Waals surface area contributed by atoms with E-state index in [0.29, 0.717) is 5.78 Å². The van der Waals surface area contributed by atoms with Crippen molar-refractivity contribution >= 4 is 5.78 Å². The Bertz CT molecular complexity index is 173. The molecule has 2 atom stereocenters. The molecular formula is C13H22O. The van der Waals surface area contributed by atoms with E-state index in [1.165, 1.54) is 0 Å². The van der Waals surface area contributed by atoms with Gasteiger partial charge in [0.2, 0.25) is 0 Å². The quantitative estimate of drug-likeness (QED) is 0.538. The van der Waals surface area contributed by atoms with Crippen LogP contribution in [0.3, 0.4) is 0 Å². The van der Waals surface area contributed by atoms with Gasteiger partial charge >= 0.3 is 0 Å². The molecule has 0 saturated carbocycles. The average molecular weight is 194 g/mol. The number of hydrogen-bond donors (Lipinski definition) is 0. The van der Waals surface area contributed by atoms with Crippen molar-refractivity contribution in [2.75, 3.05) is 0 Å². The molecule has 0 heterocycles. The summed E-state index contributed by atoms with van der Waals surface area (Å²) in [5.74, 6) is 0.336. The van der Waals surface area contributed by atoms with Gasteiger partial charge in [0.25, 0.3) is 0 Å². The molecule has 0 radical (unpaired) electrons. The van der Waals surface area contributed by atoms with E-state index < -0.39 is 0 Å².